The van der Waals surface area contributed by atoms with Crippen LogP contribution < -0.4 is 15.4 Å². The van der Waals surface area contributed by atoms with E-state index in [1.54, 1.807) is 24.3 Å². The van der Waals surface area contributed by atoms with Crippen LogP contribution >= 0.6 is 0 Å². The molecule has 9 heteroatoms. The predicted molar refractivity (Wildman–Crippen MR) is 95.3 cm³/mol. The van der Waals surface area contributed by atoms with E-state index in [0.29, 0.717) is 18.3 Å². The van der Waals surface area contributed by atoms with Crippen LogP contribution in [-0.4, -0.2) is 54.0 Å². The van der Waals surface area contributed by atoms with Crippen molar-refractivity contribution in [3.05, 3.63) is 39.9 Å². The van der Waals surface area contributed by atoms with Gasteiger partial charge in [-0.15, -0.1) is 10.1 Å². The Morgan fingerprint density at radius 2 is 1.88 bits per heavy atom. The van der Waals surface area contributed by atoms with Gasteiger partial charge in [-0.25, -0.2) is 0 Å². The Bertz CT molecular complexity index is 564. The predicted octanol–water partition coefficient (Wildman–Crippen LogP) is 0.680. The van der Waals surface area contributed by atoms with Gasteiger partial charge >= 0.3 is 0 Å². The van der Waals surface area contributed by atoms with Crippen molar-refractivity contribution in [2.75, 3.05) is 19.7 Å². The first-order chi connectivity index (χ1) is 12.3. The minimum absolute atomic E-state index is 0.0588. The number of amides is 1. The summed E-state index contributed by atoms with van der Waals surface area (Å²) in [6.07, 6.45) is -1.17. The second-order valence-corrected chi connectivity index (χ2v) is 6.29. The summed E-state index contributed by atoms with van der Waals surface area (Å²) >= 11 is 0. The maximum atomic E-state index is 11.8. The molecule has 146 valence electrons. The second kappa shape index (κ2) is 11.3. The van der Waals surface area contributed by atoms with Crippen molar-refractivity contribution in [3.63, 3.8) is 0 Å². The van der Waals surface area contributed by atoms with Crippen LogP contribution in [0.2, 0.25) is 0 Å². The minimum Gasteiger partial charge on any atom is -0.491 e. The first-order valence-electron chi connectivity index (χ1n) is 8.47. The Balaban J connectivity index is 2.33. The average molecular weight is 369 g/mol. The third-order valence-electron chi connectivity index (χ3n) is 3.34. The summed E-state index contributed by atoms with van der Waals surface area (Å²) in [6.45, 7) is 6.18. The van der Waals surface area contributed by atoms with E-state index in [2.05, 4.69) is 15.5 Å². The van der Waals surface area contributed by atoms with Gasteiger partial charge in [0.1, 0.15) is 24.6 Å². The van der Waals surface area contributed by atoms with E-state index in [1.807, 2.05) is 13.8 Å². The molecule has 0 bridgehead atoms. The standard InChI is InChI=1S/C17H27N3O6/c1-12(2)18-10-15(21)11-25-16-6-4-14(5-7-16)8-17(22)19-9-13(3)26-20(23)24/h4-7,12-13,15,18,21H,8-11H2,1-3H3,(H,19,22). The summed E-state index contributed by atoms with van der Waals surface area (Å²) in [5.41, 5.74) is 0.778. The van der Waals surface area contributed by atoms with E-state index in [-0.39, 0.29) is 25.5 Å². The largest absolute Gasteiger partial charge is 0.491 e. The molecule has 26 heavy (non-hydrogen) atoms. The van der Waals surface area contributed by atoms with E-state index in [9.17, 15) is 20.0 Å². The Morgan fingerprint density at radius 3 is 2.46 bits per heavy atom. The van der Waals surface area contributed by atoms with Crippen molar-refractivity contribution in [2.24, 2.45) is 0 Å². The lowest BCUT2D eigenvalue weighted by atomic mass is 10.1. The van der Waals surface area contributed by atoms with Gasteiger partial charge in [-0.3, -0.25) is 4.79 Å². The maximum absolute atomic E-state index is 11.8. The van der Waals surface area contributed by atoms with Crippen molar-refractivity contribution in [3.8, 4) is 5.75 Å². The van der Waals surface area contributed by atoms with Crippen molar-refractivity contribution >= 4 is 5.91 Å². The second-order valence-electron chi connectivity index (χ2n) is 6.29. The van der Waals surface area contributed by atoms with Gasteiger partial charge in [0, 0.05) is 19.1 Å². The third kappa shape index (κ3) is 9.80. The van der Waals surface area contributed by atoms with Crippen LogP contribution in [0.5, 0.6) is 5.75 Å². The monoisotopic (exact) mass is 369 g/mol. The normalized spacial score (nSPS) is 13.1. The number of ether oxygens (including phenoxy) is 1. The third-order valence-corrected chi connectivity index (χ3v) is 3.34. The number of hydrogen-bond donors (Lipinski definition) is 3. The Hall–Kier alpha value is -2.39. The Morgan fingerprint density at radius 1 is 1.23 bits per heavy atom. The van der Waals surface area contributed by atoms with Crippen LogP contribution in [0.25, 0.3) is 0 Å². The summed E-state index contributed by atoms with van der Waals surface area (Å²) in [4.78, 5) is 26.3. The average Bonchev–Trinajstić information content (AvgIpc) is 2.57. The molecule has 0 aliphatic heterocycles. The van der Waals surface area contributed by atoms with E-state index >= 15 is 0 Å². The van der Waals surface area contributed by atoms with Gasteiger partial charge in [0.25, 0.3) is 5.09 Å². The van der Waals surface area contributed by atoms with E-state index in [1.165, 1.54) is 6.92 Å². The molecule has 0 radical (unpaired) electrons. The number of carbonyl (C=O) groups is 1. The number of aliphatic hydroxyl groups is 1. The molecule has 1 amide bonds. The van der Waals surface area contributed by atoms with Crippen LogP contribution in [0.15, 0.2) is 24.3 Å². The number of rotatable bonds is 12. The van der Waals surface area contributed by atoms with Crippen LogP contribution in [0.4, 0.5) is 0 Å². The zero-order valence-corrected chi connectivity index (χ0v) is 15.3. The fourth-order valence-corrected chi connectivity index (χ4v) is 2.02. The van der Waals surface area contributed by atoms with Crippen LogP contribution in [0.3, 0.4) is 0 Å². The number of carbonyl (C=O) groups excluding carboxylic acids is 1. The molecule has 1 rings (SSSR count). The first kappa shape index (κ1) is 21.7. The van der Waals surface area contributed by atoms with Gasteiger partial charge < -0.3 is 25.3 Å². The number of nitrogens with zero attached hydrogens (tertiary/aromatic N) is 1. The minimum atomic E-state index is -0.884. The molecule has 2 atom stereocenters. The van der Waals surface area contributed by atoms with Gasteiger partial charge in [-0.2, -0.15) is 0 Å². The molecule has 1 aromatic rings. The SMILES string of the molecule is CC(C)NCC(O)COc1ccc(CC(=O)NCC(C)O[N+](=O)[O-])cc1. The van der Waals surface area contributed by atoms with E-state index in [4.69, 9.17) is 4.74 Å². The van der Waals surface area contributed by atoms with Gasteiger partial charge in [0.2, 0.25) is 5.91 Å². The highest BCUT2D eigenvalue weighted by atomic mass is 17.0. The highest BCUT2D eigenvalue weighted by Gasteiger charge is 2.10. The van der Waals surface area contributed by atoms with Crippen LogP contribution in [0.1, 0.15) is 26.3 Å². The zero-order chi connectivity index (χ0) is 19.5. The van der Waals surface area contributed by atoms with Gasteiger partial charge in [0.15, 0.2) is 0 Å². The highest BCUT2D eigenvalue weighted by Crippen LogP contribution is 2.13. The summed E-state index contributed by atoms with van der Waals surface area (Å²) in [5, 5.41) is 24.8. The van der Waals surface area contributed by atoms with E-state index < -0.39 is 17.3 Å². The Kier molecular flexibility index (Phi) is 9.38. The molecule has 9 nitrogen and oxygen atoms in total. The molecule has 0 aliphatic carbocycles. The molecule has 2 unspecified atom stereocenters. The molecule has 0 fully saturated rings. The number of nitrogens with one attached hydrogen (secondary N) is 2. The summed E-state index contributed by atoms with van der Waals surface area (Å²) in [6, 6.07) is 7.26. The fraction of sp³-hybridized carbons (Fsp3) is 0.588. The highest BCUT2D eigenvalue weighted by molar-refractivity contribution is 5.78. The quantitative estimate of drug-likeness (QED) is 0.366. The molecule has 1 aromatic carbocycles. The molecule has 0 saturated heterocycles. The zero-order valence-electron chi connectivity index (χ0n) is 15.3. The topological polar surface area (TPSA) is 123 Å². The molecular weight excluding hydrogens is 342 g/mol. The van der Waals surface area contributed by atoms with Crippen molar-refractivity contribution < 1.29 is 24.6 Å². The molecule has 0 heterocycles. The lowest BCUT2D eigenvalue weighted by Crippen LogP contribution is -2.35. The van der Waals surface area contributed by atoms with E-state index in [0.717, 1.165) is 5.56 Å². The van der Waals surface area contributed by atoms with Crippen LogP contribution in [-0.2, 0) is 16.1 Å². The summed E-state index contributed by atoms with van der Waals surface area (Å²) < 4.78 is 5.51. The molecule has 0 aromatic heterocycles. The molecular formula is C17H27N3O6. The number of hydrogen-bond acceptors (Lipinski definition) is 7. The molecule has 0 saturated carbocycles. The van der Waals surface area contributed by atoms with Crippen molar-refractivity contribution in [1.82, 2.24) is 10.6 Å². The van der Waals surface area contributed by atoms with Gasteiger partial charge in [0.05, 0.1) is 6.42 Å². The van der Waals surface area contributed by atoms with Gasteiger partial charge in [-0.05, 0) is 24.6 Å². The van der Waals surface area contributed by atoms with Crippen LogP contribution in [0, 0.1) is 10.1 Å². The summed E-state index contributed by atoms with van der Waals surface area (Å²) in [5.74, 6) is 0.346. The summed E-state index contributed by atoms with van der Waals surface area (Å²) in [7, 11) is 0. The fourth-order valence-electron chi connectivity index (χ4n) is 2.02. The molecule has 3 N–H and O–H groups in total. The molecule has 0 aliphatic rings. The number of aliphatic hydroxyl groups excluding tert-OH is 1. The smallest absolute Gasteiger partial charge is 0.294 e. The first-order valence-corrected chi connectivity index (χ1v) is 8.47. The van der Waals surface area contributed by atoms with Crippen molar-refractivity contribution in [2.45, 2.75) is 45.4 Å². The number of benzene rings is 1. The Labute approximate surface area is 152 Å². The maximum Gasteiger partial charge on any atom is 0.294 e. The lowest BCUT2D eigenvalue weighted by molar-refractivity contribution is -0.767. The lowest BCUT2D eigenvalue weighted by Gasteiger charge is -2.15. The molecule has 0 spiro atoms. The van der Waals surface area contributed by atoms with Gasteiger partial charge in [-0.1, -0.05) is 26.0 Å². The van der Waals surface area contributed by atoms with Crippen molar-refractivity contribution in [1.29, 1.82) is 0 Å².